The van der Waals surface area contributed by atoms with Gasteiger partial charge in [-0.2, -0.15) is 0 Å². The third-order valence-electron chi connectivity index (χ3n) is 3.83. The lowest BCUT2D eigenvalue weighted by atomic mass is 10.1. The van der Waals surface area contributed by atoms with Crippen molar-refractivity contribution in [1.82, 2.24) is 5.32 Å². The number of non-ortho nitro benzene ring substituents is 1. The van der Waals surface area contributed by atoms with Gasteiger partial charge in [-0.15, -0.1) is 0 Å². The summed E-state index contributed by atoms with van der Waals surface area (Å²) in [6.45, 7) is 2.01. The molecule has 2 aromatic carbocycles. The molecule has 0 bridgehead atoms. The Morgan fingerprint density at radius 1 is 1.04 bits per heavy atom. The molecular weight excluding hydrogens is 338 g/mol. The highest BCUT2D eigenvalue weighted by Crippen LogP contribution is 2.30. The van der Waals surface area contributed by atoms with Gasteiger partial charge >= 0.3 is 0 Å². The maximum Gasteiger partial charge on any atom is 0.269 e. The minimum atomic E-state index is -0.443. The van der Waals surface area contributed by atoms with Crippen molar-refractivity contribution in [2.75, 3.05) is 31.6 Å². The zero-order chi connectivity index (χ0) is 18.4. The van der Waals surface area contributed by atoms with Crippen LogP contribution in [0.3, 0.4) is 0 Å². The first-order chi connectivity index (χ1) is 12.6. The number of hydrogen-bond acceptors (Lipinski definition) is 6. The molecule has 0 saturated carbocycles. The maximum absolute atomic E-state index is 12.0. The number of benzene rings is 2. The number of nitrogens with one attached hydrogen (secondary N) is 2. The number of carbonyl (C=O) groups excluding carboxylic acids is 1. The van der Waals surface area contributed by atoms with Crippen molar-refractivity contribution in [3.63, 3.8) is 0 Å². The molecule has 136 valence electrons. The second-order valence-corrected chi connectivity index (χ2v) is 5.74. The summed E-state index contributed by atoms with van der Waals surface area (Å²) in [6.07, 6.45) is 0.258. The zero-order valence-electron chi connectivity index (χ0n) is 14.1. The van der Waals surface area contributed by atoms with E-state index in [-0.39, 0.29) is 18.0 Å². The summed E-state index contributed by atoms with van der Waals surface area (Å²) in [5.41, 5.74) is 1.66. The van der Waals surface area contributed by atoms with Gasteiger partial charge in [0.2, 0.25) is 5.91 Å². The fraction of sp³-hybridized carbons (Fsp3) is 0.278. The first kappa shape index (κ1) is 17.5. The second-order valence-electron chi connectivity index (χ2n) is 5.74. The smallest absolute Gasteiger partial charge is 0.269 e. The third kappa shape index (κ3) is 4.62. The van der Waals surface area contributed by atoms with Crippen LogP contribution in [0.25, 0.3) is 0 Å². The Hall–Kier alpha value is -3.29. The number of hydrogen-bond donors (Lipinski definition) is 2. The second kappa shape index (κ2) is 8.19. The van der Waals surface area contributed by atoms with Gasteiger partial charge in [-0.25, -0.2) is 0 Å². The lowest BCUT2D eigenvalue weighted by Gasteiger charge is -2.18. The predicted octanol–water partition coefficient (Wildman–Crippen LogP) is 2.14. The van der Waals surface area contributed by atoms with Crippen LogP contribution in [0.2, 0.25) is 0 Å². The largest absolute Gasteiger partial charge is 0.486 e. The molecule has 2 aromatic rings. The van der Waals surface area contributed by atoms with Crippen LogP contribution in [-0.2, 0) is 11.2 Å². The van der Waals surface area contributed by atoms with Crippen LogP contribution in [0.1, 0.15) is 5.56 Å². The average Bonchev–Trinajstić information content (AvgIpc) is 2.65. The number of nitrogens with zero attached hydrogens (tertiary/aromatic N) is 1. The van der Waals surface area contributed by atoms with Crippen molar-refractivity contribution in [1.29, 1.82) is 0 Å². The summed E-state index contributed by atoms with van der Waals surface area (Å²) in [6, 6.07) is 11.6. The Morgan fingerprint density at radius 2 is 1.77 bits per heavy atom. The molecule has 1 heterocycles. The van der Waals surface area contributed by atoms with Gasteiger partial charge in [-0.1, -0.05) is 6.07 Å². The molecule has 1 aliphatic rings. The Bertz CT molecular complexity index is 792. The lowest BCUT2D eigenvalue weighted by Crippen LogP contribution is -2.30. The van der Waals surface area contributed by atoms with Gasteiger partial charge in [0.1, 0.15) is 13.2 Å². The van der Waals surface area contributed by atoms with Crippen LogP contribution in [0.4, 0.5) is 11.4 Å². The van der Waals surface area contributed by atoms with Crippen LogP contribution in [0.5, 0.6) is 11.5 Å². The van der Waals surface area contributed by atoms with Crippen LogP contribution in [0, 0.1) is 10.1 Å². The van der Waals surface area contributed by atoms with Crippen LogP contribution >= 0.6 is 0 Å². The maximum atomic E-state index is 12.0. The van der Waals surface area contributed by atoms with E-state index in [1.54, 1.807) is 12.1 Å². The summed E-state index contributed by atoms with van der Waals surface area (Å²) in [5, 5.41) is 16.5. The van der Waals surface area contributed by atoms with E-state index in [0.717, 1.165) is 11.3 Å². The Kier molecular flexibility index (Phi) is 5.52. The van der Waals surface area contributed by atoms with Gasteiger partial charge in [0.15, 0.2) is 11.5 Å². The molecule has 3 rings (SSSR count). The summed E-state index contributed by atoms with van der Waals surface area (Å²) < 4.78 is 11.0. The van der Waals surface area contributed by atoms with Crippen molar-refractivity contribution < 1.29 is 19.2 Å². The van der Waals surface area contributed by atoms with E-state index >= 15 is 0 Å². The summed E-state index contributed by atoms with van der Waals surface area (Å²) in [4.78, 5) is 22.2. The van der Waals surface area contributed by atoms with Crippen molar-refractivity contribution in [2.24, 2.45) is 0 Å². The first-order valence-corrected chi connectivity index (χ1v) is 8.25. The lowest BCUT2D eigenvalue weighted by molar-refractivity contribution is -0.384. The normalized spacial score (nSPS) is 12.3. The number of nitro groups is 1. The zero-order valence-corrected chi connectivity index (χ0v) is 14.1. The molecule has 0 aromatic heterocycles. The molecule has 0 atom stereocenters. The highest BCUT2D eigenvalue weighted by atomic mass is 16.6. The van der Waals surface area contributed by atoms with E-state index in [1.165, 1.54) is 12.1 Å². The van der Waals surface area contributed by atoms with Crippen molar-refractivity contribution in [3.05, 3.63) is 58.1 Å². The molecule has 0 fully saturated rings. The SMILES string of the molecule is O=C(Cc1ccc2c(c1)OCCO2)NCCNc1ccc([N+](=O)[O-])cc1. The molecule has 0 spiro atoms. The molecule has 0 radical (unpaired) electrons. The summed E-state index contributed by atoms with van der Waals surface area (Å²) in [5.74, 6) is 1.28. The Morgan fingerprint density at radius 3 is 2.50 bits per heavy atom. The summed E-state index contributed by atoms with van der Waals surface area (Å²) in [7, 11) is 0. The number of amides is 1. The highest BCUT2D eigenvalue weighted by molar-refractivity contribution is 5.78. The van der Waals surface area contributed by atoms with Crippen LogP contribution in [-0.4, -0.2) is 37.1 Å². The fourth-order valence-corrected chi connectivity index (χ4v) is 2.56. The summed E-state index contributed by atoms with van der Waals surface area (Å²) >= 11 is 0. The van der Waals surface area contributed by atoms with Crippen LogP contribution < -0.4 is 20.1 Å². The van der Waals surface area contributed by atoms with Crippen molar-refractivity contribution in [3.8, 4) is 11.5 Å². The van der Waals surface area contributed by atoms with Gasteiger partial charge < -0.3 is 20.1 Å². The number of fused-ring (bicyclic) bond motifs is 1. The van der Waals surface area contributed by atoms with Gasteiger partial charge in [0.25, 0.3) is 5.69 Å². The minimum absolute atomic E-state index is 0.0447. The predicted molar refractivity (Wildman–Crippen MR) is 95.7 cm³/mol. The molecular formula is C18H19N3O5. The monoisotopic (exact) mass is 357 g/mol. The minimum Gasteiger partial charge on any atom is -0.486 e. The van der Waals surface area contributed by atoms with E-state index in [1.807, 2.05) is 18.2 Å². The van der Waals surface area contributed by atoms with E-state index in [9.17, 15) is 14.9 Å². The van der Waals surface area contributed by atoms with E-state index < -0.39 is 4.92 Å². The molecule has 2 N–H and O–H groups in total. The third-order valence-corrected chi connectivity index (χ3v) is 3.83. The molecule has 1 aliphatic heterocycles. The van der Waals surface area contributed by atoms with Gasteiger partial charge in [0.05, 0.1) is 11.3 Å². The molecule has 8 nitrogen and oxygen atoms in total. The molecule has 0 unspecified atom stereocenters. The van der Waals surface area contributed by atoms with E-state index in [4.69, 9.17) is 9.47 Å². The Labute approximate surface area is 150 Å². The van der Waals surface area contributed by atoms with Gasteiger partial charge in [-0.05, 0) is 29.8 Å². The molecule has 26 heavy (non-hydrogen) atoms. The number of ether oxygens (including phenoxy) is 2. The molecule has 1 amide bonds. The van der Waals surface area contributed by atoms with Gasteiger partial charge in [0, 0.05) is 30.9 Å². The number of nitro benzene ring substituents is 1. The van der Waals surface area contributed by atoms with Crippen molar-refractivity contribution in [2.45, 2.75) is 6.42 Å². The number of carbonyl (C=O) groups is 1. The van der Waals surface area contributed by atoms with Crippen molar-refractivity contribution >= 4 is 17.3 Å². The quantitative estimate of drug-likeness (QED) is 0.447. The fourth-order valence-electron chi connectivity index (χ4n) is 2.56. The topological polar surface area (TPSA) is 103 Å². The highest BCUT2D eigenvalue weighted by Gasteiger charge is 2.13. The number of anilines is 1. The van der Waals surface area contributed by atoms with E-state index in [2.05, 4.69) is 10.6 Å². The number of rotatable bonds is 7. The first-order valence-electron chi connectivity index (χ1n) is 8.25. The van der Waals surface area contributed by atoms with Gasteiger partial charge in [-0.3, -0.25) is 14.9 Å². The van der Waals surface area contributed by atoms with Crippen LogP contribution in [0.15, 0.2) is 42.5 Å². The molecule has 0 saturated heterocycles. The molecule has 0 aliphatic carbocycles. The Balaban J connectivity index is 1.41. The standard InChI is InChI=1S/C18H19N3O5/c22-18(12-13-1-6-16-17(11-13)26-10-9-25-16)20-8-7-19-14-2-4-15(5-3-14)21(23)24/h1-6,11,19H,7-10,12H2,(H,20,22). The molecule has 8 heteroatoms. The van der Waals surface area contributed by atoms with E-state index in [0.29, 0.717) is 37.8 Å². The average molecular weight is 357 g/mol.